The number of aromatic nitrogens is 3. The van der Waals surface area contributed by atoms with Crippen LogP contribution < -0.4 is 0 Å². The molecule has 0 fully saturated rings. The van der Waals surface area contributed by atoms with E-state index in [9.17, 15) is 0 Å². The Morgan fingerprint density at radius 2 is 0.844 bits per heavy atom. The number of rotatable bonds is 4. The maximum Gasteiger partial charge on any atom is 0.164 e. The molecule has 0 radical (unpaired) electrons. The third-order valence-electron chi connectivity index (χ3n) is 8.53. The molecule has 0 N–H and O–H groups in total. The molecule has 2 aromatic heterocycles. The van der Waals surface area contributed by atoms with E-state index < -0.39 is 0 Å². The Morgan fingerprint density at radius 1 is 0.333 bits per heavy atom. The van der Waals surface area contributed by atoms with Gasteiger partial charge in [-0.3, -0.25) is 0 Å². The van der Waals surface area contributed by atoms with E-state index in [2.05, 4.69) is 91.0 Å². The van der Waals surface area contributed by atoms with Crippen molar-refractivity contribution in [3.8, 4) is 45.3 Å². The number of hydrogen-bond acceptors (Lipinski definition) is 4. The Kier molecular flexibility index (Phi) is 5.78. The quantitative estimate of drug-likeness (QED) is 0.196. The van der Waals surface area contributed by atoms with E-state index in [0.717, 1.165) is 55.1 Å². The fourth-order valence-corrected chi connectivity index (χ4v) is 6.31. The topological polar surface area (TPSA) is 51.8 Å². The first-order valence-electron chi connectivity index (χ1n) is 15.0. The van der Waals surface area contributed by atoms with Crippen molar-refractivity contribution in [2.24, 2.45) is 0 Å². The van der Waals surface area contributed by atoms with Crippen LogP contribution in [0.4, 0.5) is 0 Å². The van der Waals surface area contributed by atoms with Gasteiger partial charge < -0.3 is 4.42 Å². The van der Waals surface area contributed by atoms with Crippen molar-refractivity contribution in [3.63, 3.8) is 0 Å². The number of para-hydroxylation sites is 1. The molecule has 0 spiro atoms. The molecule has 2 heterocycles. The van der Waals surface area contributed by atoms with Gasteiger partial charge in [-0.05, 0) is 27.8 Å². The van der Waals surface area contributed by atoms with Gasteiger partial charge in [0.2, 0.25) is 0 Å². The Bertz CT molecular complexity index is 2460. The van der Waals surface area contributed by atoms with Crippen LogP contribution in [0.2, 0.25) is 0 Å². The molecule has 0 atom stereocenters. The smallest absolute Gasteiger partial charge is 0.164 e. The minimum Gasteiger partial charge on any atom is -0.455 e. The van der Waals surface area contributed by atoms with Crippen LogP contribution in [0.5, 0.6) is 0 Å². The SMILES string of the molecule is c1ccc(-c2nc(-c3ccccc3)nc(-c3ccc(-c4cccc5c4oc4c5ccc5ccc6ccccc6c54)cc3)n2)cc1. The highest BCUT2D eigenvalue weighted by molar-refractivity contribution is 6.23. The van der Waals surface area contributed by atoms with Crippen molar-refractivity contribution in [2.45, 2.75) is 0 Å². The van der Waals surface area contributed by atoms with Gasteiger partial charge in [0.05, 0.1) is 0 Å². The predicted molar refractivity (Wildman–Crippen MR) is 184 cm³/mol. The summed E-state index contributed by atoms with van der Waals surface area (Å²) >= 11 is 0. The summed E-state index contributed by atoms with van der Waals surface area (Å²) in [5, 5.41) is 6.97. The Hall–Kier alpha value is -6.13. The monoisotopic (exact) mass is 575 g/mol. The van der Waals surface area contributed by atoms with Crippen LogP contribution in [-0.2, 0) is 0 Å². The van der Waals surface area contributed by atoms with Crippen molar-refractivity contribution in [3.05, 3.63) is 152 Å². The lowest BCUT2D eigenvalue weighted by molar-refractivity contribution is 0.674. The number of hydrogen-bond donors (Lipinski definition) is 0. The van der Waals surface area contributed by atoms with Crippen molar-refractivity contribution in [1.29, 1.82) is 0 Å². The molecule has 0 unspecified atom stereocenters. The van der Waals surface area contributed by atoms with E-state index in [-0.39, 0.29) is 0 Å². The summed E-state index contributed by atoms with van der Waals surface area (Å²) in [4.78, 5) is 14.6. The van der Waals surface area contributed by atoms with E-state index in [1.807, 2.05) is 60.7 Å². The molecular formula is C41H25N3O. The van der Waals surface area contributed by atoms with Gasteiger partial charge in [0.15, 0.2) is 17.5 Å². The molecular weight excluding hydrogens is 550 g/mol. The van der Waals surface area contributed by atoms with Crippen LogP contribution in [0.15, 0.2) is 156 Å². The zero-order valence-corrected chi connectivity index (χ0v) is 24.2. The van der Waals surface area contributed by atoms with Crippen molar-refractivity contribution in [2.75, 3.05) is 0 Å². The Morgan fingerprint density at radius 3 is 1.53 bits per heavy atom. The van der Waals surface area contributed by atoms with Gasteiger partial charge in [0.25, 0.3) is 0 Å². The molecule has 4 nitrogen and oxygen atoms in total. The first-order chi connectivity index (χ1) is 22.3. The lowest BCUT2D eigenvalue weighted by Crippen LogP contribution is -2.00. The number of fused-ring (bicyclic) bond motifs is 7. The minimum atomic E-state index is 0.634. The lowest BCUT2D eigenvalue weighted by atomic mass is 9.98. The second-order valence-corrected chi connectivity index (χ2v) is 11.2. The Balaban J connectivity index is 1.18. The van der Waals surface area contributed by atoms with Gasteiger partial charge in [0, 0.05) is 38.4 Å². The van der Waals surface area contributed by atoms with Crippen molar-refractivity contribution < 1.29 is 4.42 Å². The van der Waals surface area contributed by atoms with Crippen molar-refractivity contribution >= 4 is 43.5 Å². The molecule has 0 aliphatic rings. The molecule has 0 saturated carbocycles. The summed E-state index contributed by atoms with van der Waals surface area (Å²) in [7, 11) is 0. The molecule has 9 aromatic rings. The minimum absolute atomic E-state index is 0.634. The van der Waals surface area contributed by atoms with E-state index in [4.69, 9.17) is 19.4 Å². The molecule has 210 valence electrons. The van der Waals surface area contributed by atoms with Gasteiger partial charge in [0.1, 0.15) is 11.2 Å². The second-order valence-electron chi connectivity index (χ2n) is 11.2. The summed E-state index contributed by atoms with van der Waals surface area (Å²) in [5.74, 6) is 1.93. The van der Waals surface area contributed by atoms with Crippen LogP contribution in [0, 0.1) is 0 Å². The number of benzene rings is 7. The number of nitrogens with zero attached hydrogens (tertiary/aromatic N) is 3. The van der Waals surface area contributed by atoms with Gasteiger partial charge in [-0.1, -0.05) is 146 Å². The highest BCUT2D eigenvalue weighted by Gasteiger charge is 2.17. The number of furan rings is 1. The van der Waals surface area contributed by atoms with Crippen LogP contribution in [-0.4, -0.2) is 15.0 Å². The third kappa shape index (κ3) is 4.27. The summed E-state index contributed by atoms with van der Waals surface area (Å²) in [5.41, 5.74) is 6.75. The van der Waals surface area contributed by atoms with Gasteiger partial charge >= 0.3 is 0 Å². The molecule has 0 amide bonds. The molecule has 45 heavy (non-hydrogen) atoms. The maximum absolute atomic E-state index is 6.77. The lowest BCUT2D eigenvalue weighted by Gasteiger charge is -2.09. The average molecular weight is 576 g/mol. The van der Waals surface area contributed by atoms with Crippen LogP contribution in [0.25, 0.3) is 88.8 Å². The summed E-state index contributed by atoms with van der Waals surface area (Å²) in [6.07, 6.45) is 0. The highest BCUT2D eigenvalue weighted by atomic mass is 16.3. The summed E-state index contributed by atoms with van der Waals surface area (Å²) in [6.45, 7) is 0. The Labute approximate surface area is 259 Å². The van der Waals surface area contributed by atoms with Gasteiger partial charge in [-0.25, -0.2) is 15.0 Å². The summed E-state index contributed by atoms with van der Waals surface area (Å²) in [6, 6.07) is 52.1. The fraction of sp³-hybridized carbons (Fsp3) is 0. The third-order valence-corrected chi connectivity index (χ3v) is 8.53. The molecule has 0 saturated heterocycles. The van der Waals surface area contributed by atoms with Gasteiger partial charge in [-0.2, -0.15) is 0 Å². The zero-order valence-electron chi connectivity index (χ0n) is 24.2. The molecule has 0 aliphatic carbocycles. The molecule has 9 rings (SSSR count). The highest BCUT2D eigenvalue weighted by Crippen LogP contribution is 2.41. The summed E-state index contributed by atoms with van der Waals surface area (Å²) < 4.78 is 6.77. The standard InChI is InChI=1S/C41H25N3O/c1-3-11-29(12-4-1)39-42-40(30-13-5-2-6-14-30)44-41(43-39)31-22-19-27(20-23-31)33-16-9-17-34-35-25-24-28-21-18-26-10-7-8-15-32(26)36(28)38(35)45-37(33)34/h1-25H. The molecule has 7 aromatic carbocycles. The fourth-order valence-electron chi connectivity index (χ4n) is 6.31. The van der Waals surface area contributed by atoms with Crippen LogP contribution in [0.3, 0.4) is 0 Å². The van der Waals surface area contributed by atoms with Crippen LogP contribution in [0.1, 0.15) is 0 Å². The second kappa shape index (κ2) is 10.2. The first-order valence-corrected chi connectivity index (χ1v) is 15.0. The van der Waals surface area contributed by atoms with E-state index >= 15 is 0 Å². The first kappa shape index (κ1) is 25.4. The zero-order chi connectivity index (χ0) is 29.7. The van der Waals surface area contributed by atoms with E-state index in [0.29, 0.717) is 17.5 Å². The average Bonchev–Trinajstić information content (AvgIpc) is 3.51. The van der Waals surface area contributed by atoms with Crippen LogP contribution >= 0.6 is 0 Å². The molecule has 0 aliphatic heterocycles. The molecule has 4 heteroatoms. The van der Waals surface area contributed by atoms with Gasteiger partial charge in [-0.15, -0.1) is 0 Å². The normalized spacial score (nSPS) is 11.6. The van der Waals surface area contributed by atoms with E-state index in [1.54, 1.807) is 0 Å². The predicted octanol–water partition coefficient (Wildman–Crippen LogP) is 10.7. The van der Waals surface area contributed by atoms with E-state index in [1.165, 1.54) is 16.2 Å². The molecule has 0 bridgehead atoms. The largest absolute Gasteiger partial charge is 0.455 e. The van der Waals surface area contributed by atoms with Crippen molar-refractivity contribution in [1.82, 2.24) is 15.0 Å². The maximum atomic E-state index is 6.77.